The predicted octanol–water partition coefficient (Wildman–Crippen LogP) is 0.667. The number of guanidine groups is 1. The van der Waals surface area contributed by atoms with Crippen LogP contribution in [-0.4, -0.2) is 26.2 Å². The van der Waals surface area contributed by atoms with Crippen LogP contribution >= 0.6 is 0 Å². The number of nitrogens with zero attached hydrogens (tertiary/aromatic N) is 1. The first-order chi connectivity index (χ1) is 8.30. The van der Waals surface area contributed by atoms with E-state index in [-0.39, 0.29) is 0 Å². The van der Waals surface area contributed by atoms with Gasteiger partial charge in [-0.3, -0.25) is 10.4 Å². The summed E-state index contributed by atoms with van der Waals surface area (Å²) in [5, 5.41) is 3.03. The van der Waals surface area contributed by atoms with E-state index in [4.69, 9.17) is 10.6 Å². The van der Waals surface area contributed by atoms with E-state index in [9.17, 15) is 0 Å². The number of hydrogen-bond donors (Lipinski definition) is 3. The van der Waals surface area contributed by atoms with Gasteiger partial charge in [-0.1, -0.05) is 12.1 Å². The normalized spacial score (nSPS) is 11.1. The van der Waals surface area contributed by atoms with Gasteiger partial charge in [0.1, 0.15) is 5.75 Å². The van der Waals surface area contributed by atoms with E-state index >= 15 is 0 Å². The molecule has 5 heteroatoms. The second kappa shape index (κ2) is 7.51. The molecule has 0 saturated heterocycles. The SMILES string of the molecule is CCNC(=NCCc1ccc(OC)cc1)NN. The minimum absolute atomic E-state index is 0.626. The summed E-state index contributed by atoms with van der Waals surface area (Å²) in [7, 11) is 1.66. The van der Waals surface area contributed by atoms with Crippen LogP contribution in [0.3, 0.4) is 0 Å². The largest absolute Gasteiger partial charge is 0.497 e. The highest BCUT2D eigenvalue weighted by molar-refractivity contribution is 5.79. The molecule has 0 fully saturated rings. The molecule has 94 valence electrons. The third kappa shape index (κ3) is 4.74. The molecule has 0 aliphatic rings. The Kier molecular flexibility index (Phi) is 5.88. The zero-order valence-electron chi connectivity index (χ0n) is 10.4. The second-order valence-electron chi connectivity index (χ2n) is 3.50. The topological polar surface area (TPSA) is 71.7 Å². The number of aliphatic imine (C=N–C) groups is 1. The van der Waals surface area contributed by atoms with Crippen LogP contribution in [0.5, 0.6) is 5.75 Å². The van der Waals surface area contributed by atoms with E-state index in [2.05, 4.69) is 15.7 Å². The summed E-state index contributed by atoms with van der Waals surface area (Å²) in [6, 6.07) is 7.98. The van der Waals surface area contributed by atoms with E-state index in [1.165, 1.54) is 5.56 Å². The summed E-state index contributed by atoms with van der Waals surface area (Å²) in [6.07, 6.45) is 0.876. The summed E-state index contributed by atoms with van der Waals surface area (Å²) in [5.41, 5.74) is 3.75. The van der Waals surface area contributed by atoms with Crippen LogP contribution in [-0.2, 0) is 6.42 Å². The summed E-state index contributed by atoms with van der Waals surface area (Å²) in [6.45, 7) is 3.49. The molecule has 1 aromatic carbocycles. The minimum atomic E-state index is 0.626. The molecule has 0 aromatic heterocycles. The standard InChI is InChI=1S/C12H20N4O/c1-3-14-12(16-13)15-9-8-10-4-6-11(17-2)7-5-10/h4-7H,3,8-9,13H2,1-2H3,(H2,14,15,16). The molecule has 5 nitrogen and oxygen atoms in total. The number of methoxy groups -OCH3 is 1. The molecular formula is C12H20N4O. The van der Waals surface area contributed by atoms with Gasteiger partial charge in [0.15, 0.2) is 0 Å². The van der Waals surface area contributed by atoms with Gasteiger partial charge in [0, 0.05) is 13.1 Å². The number of ether oxygens (including phenoxy) is 1. The average Bonchev–Trinajstić information content (AvgIpc) is 2.38. The molecule has 0 amide bonds. The molecule has 0 radical (unpaired) electrons. The molecule has 17 heavy (non-hydrogen) atoms. The lowest BCUT2D eigenvalue weighted by atomic mass is 10.1. The third-order valence-electron chi connectivity index (χ3n) is 2.31. The van der Waals surface area contributed by atoms with Gasteiger partial charge in [-0.05, 0) is 31.0 Å². The number of nitrogens with one attached hydrogen (secondary N) is 2. The Bertz CT molecular complexity index is 348. The van der Waals surface area contributed by atoms with Crippen molar-refractivity contribution in [3.05, 3.63) is 29.8 Å². The second-order valence-corrected chi connectivity index (χ2v) is 3.50. The summed E-state index contributed by atoms with van der Waals surface area (Å²) < 4.78 is 5.10. The van der Waals surface area contributed by atoms with Gasteiger partial charge >= 0.3 is 0 Å². The number of hydrogen-bond acceptors (Lipinski definition) is 3. The maximum absolute atomic E-state index is 5.32. The van der Waals surface area contributed by atoms with Crippen molar-refractivity contribution in [3.63, 3.8) is 0 Å². The fourth-order valence-electron chi connectivity index (χ4n) is 1.41. The fourth-order valence-corrected chi connectivity index (χ4v) is 1.41. The maximum atomic E-state index is 5.32. The maximum Gasteiger partial charge on any atom is 0.205 e. The first-order valence-electron chi connectivity index (χ1n) is 5.68. The summed E-state index contributed by atoms with van der Waals surface area (Å²) >= 11 is 0. The molecule has 1 aromatic rings. The average molecular weight is 236 g/mol. The Hall–Kier alpha value is -1.75. The number of rotatable bonds is 5. The molecule has 0 saturated carbocycles. The smallest absolute Gasteiger partial charge is 0.205 e. The third-order valence-corrected chi connectivity index (χ3v) is 2.31. The summed E-state index contributed by atoms with van der Waals surface area (Å²) in [5.74, 6) is 6.81. The molecule has 1 rings (SSSR count). The van der Waals surface area contributed by atoms with Crippen molar-refractivity contribution in [2.75, 3.05) is 20.2 Å². The van der Waals surface area contributed by atoms with Crippen LogP contribution in [0.15, 0.2) is 29.3 Å². The molecule has 0 bridgehead atoms. The van der Waals surface area contributed by atoms with E-state index in [1.54, 1.807) is 7.11 Å². The van der Waals surface area contributed by atoms with Gasteiger partial charge in [0.2, 0.25) is 5.96 Å². The number of benzene rings is 1. The van der Waals surface area contributed by atoms with E-state index in [0.29, 0.717) is 12.5 Å². The van der Waals surface area contributed by atoms with Crippen molar-refractivity contribution >= 4 is 5.96 Å². The molecule has 0 aliphatic carbocycles. The number of nitrogens with two attached hydrogens (primary N) is 1. The highest BCUT2D eigenvalue weighted by Crippen LogP contribution is 2.11. The predicted molar refractivity (Wildman–Crippen MR) is 70.0 cm³/mol. The monoisotopic (exact) mass is 236 g/mol. The summed E-state index contributed by atoms with van der Waals surface area (Å²) in [4.78, 5) is 4.31. The molecule has 0 unspecified atom stereocenters. The lowest BCUT2D eigenvalue weighted by Gasteiger charge is -2.06. The minimum Gasteiger partial charge on any atom is -0.497 e. The lowest BCUT2D eigenvalue weighted by Crippen LogP contribution is -2.41. The van der Waals surface area contributed by atoms with Crippen molar-refractivity contribution in [1.82, 2.24) is 10.7 Å². The first-order valence-corrected chi connectivity index (χ1v) is 5.68. The zero-order valence-corrected chi connectivity index (χ0v) is 10.4. The van der Waals surface area contributed by atoms with Gasteiger partial charge in [-0.15, -0.1) is 0 Å². The zero-order chi connectivity index (χ0) is 12.5. The Balaban J connectivity index is 2.43. The van der Waals surface area contributed by atoms with Crippen molar-refractivity contribution in [1.29, 1.82) is 0 Å². The Labute approximate surface area is 102 Å². The van der Waals surface area contributed by atoms with Crippen LogP contribution in [0.4, 0.5) is 0 Å². The van der Waals surface area contributed by atoms with Crippen molar-refractivity contribution < 1.29 is 4.74 Å². The van der Waals surface area contributed by atoms with Gasteiger partial charge < -0.3 is 10.1 Å². The van der Waals surface area contributed by atoms with Gasteiger partial charge in [-0.2, -0.15) is 0 Å². The van der Waals surface area contributed by atoms with Crippen LogP contribution < -0.4 is 21.3 Å². The highest BCUT2D eigenvalue weighted by atomic mass is 16.5. The van der Waals surface area contributed by atoms with E-state index in [0.717, 1.165) is 18.7 Å². The first kappa shape index (κ1) is 13.3. The Morgan fingerprint density at radius 1 is 1.35 bits per heavy atom. The van der Waals surface area contributed by atoms with Crippen molar-refractivity contribution in [2.45, 2.75) is 13.3 Å². The van der Waals surface area contributed by atoms with E-state index in [1.807, 2.05) is 31.2 Å². The molecule has 0 spiro atoms. The molecular weight excluding hydrogens is 216 g/mol. The highest BCUT2D eigenvalue weighted by Gasteiger charge is 1.95. The van der Waals surface area contributed by atoms with Crippen LogP contribution in [0, 0.1) is 0 Å². The number of hydrazine groups is 1. The van der Waals surface area contributed by atoms with Gasteiger partial charge in [0.25, 0.3) is 0 Å². The van der Waals surface area contributed by atoms with Crippen molar-refractivity contribution in [3.8, 4) is 5.75 Å². The molecule has 0 heterocycles. The van der Waals surface area contributed by atoms with Crippen molar-refractivity contribution in [2.24, 2.45) is 10.8 Å². The lowest BCUT2D eigenvalue weighted by molar-refractivity contribution is 0.414. The molecule has 0 aliphatic heterocycles. The van der Waals surface area contributed by atoms with E-state index < -0.39 is 0 Å². The molecule has 0 atom stereocenters. The Morgan fingerprint density at radius 3 is 2.59 bits per heavy atom. The van der Waals surface area contributed by atoms with Crippen LogP contribution in [0.2, 0.25) is 0 Å². The fraction of sp³-hybridized carbons (Fsp3) is 0.417. The van der Waals surface area contributed by atoms with Crippen LogP contribution in [0.1, 0.15) is 12.5 Å². The van der Waals surface area contributed by atoms with Crippen LogP contribution in [0.25, 0.3) is 0 Å². The quantitative estimate of drug-likeness (QED) is 0.304. The van der Waals surface area contributed by atoms with Gasteiger partial charge in [0.05, 0.1) is 7.11 Å². The Morgan fingerprint density at radius 2 is 2.06 bits per heavy atom. The molecule has 4 N–H and O–H groups in total. The van der Waals surface area contributed by atoms with Gasteiger partial charge in [-0.25, -0.2) is 5.84 Å².